The molecule has 4 N–H and O–H groups in total. The molecule has 106 valence electrons. The van der Waals surface area contributed by atoms with Crippen LogP contribution in [-0.2, 0) is 6.42 Å². The number of nitrogen functional groups attached to an aromatic ring is 1. The number of aliphatic hydroxyl groups is 1. The molecule has 0 bridgehead atoms. The van der Waals surface area contributed by atoms with E-state index in [-0.39, 0.29) is 12.6 Å². The molecule has 0 saturated carbocycles. The van der Waals surface area contributed by atoms with Crippen LogP contribution >= 0.6 is 0 Å². The van der Waals surface area contributed by atoms with Gasteiger partial charge in [0.1, 0.15) is 0 Å². The summed E-state index contributed by atoms with van der Waals surface area (Å²) in [4.78, 5) is 4.34. The van der Waals surface area contributed by atoms with Gasteiger partial charge in [0, 0.05) is 18.2 Å². The lowest BCUT2D eigenvalue weighted by atomic mass is 10.1. The smallest absolute Gasteiger partial charge is 0.213 e. The fourth-order valence-corrected chi connectivity index (χ4v) is 1.95. The molecule has 1 aromatic heterocycles. The topological polar surface area (TPSA) is 80.4 Å². The molecule has 1 atom stereocenters. The highest BCUT2D eigenvalue weighted by Gasteiger charge is 2.11. The summed E-state index contributed by atoms with van der Waals surface area (Å²) in [6, 6.07) is 12.9. The fourth-order valence-electron chi connectivity index (χ4n) is 1.95. The van der Waals surface area contributed by atoms with Crippen molar-refractivity contribution < 1.29 is 9.84 Å². The number of hydrogen-bond acceptors (Lipinski definition) is 5. The van der Waals surface area contributed by atoms with Crippen molar-refractivity contribution >= 4 is 11.4 Å². The molecule has 5 heteroatoms. The third-order valence-electron chi connectivity index (χ3n) is 2.99. The molecule has 0 radical (unpaired) electrons. The van der Waals surface area contributed by atoms with Gasteiger partial charge >= 0.3 is 0 Å². The number of rotatable bonds is 6. The number of nitrogens with two attached hydrogens (primary N) is 1. The zero-order valence-electron chi connectivity index (χ0n) is 11.4. The molecule has 1 aromatic carbocycles. The maximum atomic E-state index is 9.50. The summed E-state index contributed by atoms with van der Waals surface area (Å²) in [5.41, 5.74) is 8.21. The summed E-state index contributed by atoms with van der Waals surface area (Å²) in [6.45, 7) is -0.00672. The van der Waals surface area contributed by atoms with Crippen LogP contribution in [-0.4, -0.2) is 29.8 Å². The van der Waals surface area contributed by atoms with Crippen molar-refractivity contribution in [1.82, 2.24) is 4.98 Å². The number of pyridine rings is 1. The first-order valence-corrected chi connectivity index (χ1v) is 6.44. The molecule has 1 unspecified atom stereocenters. The Morgan fingerprint density at radius 3 is 2.75 bits per heavy atom. The van der Waals surface area contributed by atoms with Crippen LogP contribution < -0.4 is 15.8 Å². The fraction of sp³-hybridized carbons (Fsp3) is 0.267. The molecule has 2 aromatic rings. The monoisotopic (exact) mass is 273 g/mol. The average Bonchev–Trinajstić information content (AvgIpc) is 2.49. The average molecular weight is 273 g/mol. The van der Waals surface area contributed by atoms with Crippen LogP contribution in [0.5, 0.6) is 5.88 Å². The van der Waals surface area contributed by atoms with Gasteiger partial charge in [-0.1, -0.05) is 18.2 Å². The predicted molar refractivity (Wildman–Crippen MR) is 79.8 cm³/mol. The van der Waals surface area contributed by atoms with E-state index in [2.05, 4.69) is 10.3 Å². The summed E-state index contributed by atoms with van der Waals surface area (Å²) in [5.74, 6) is 0.568. The van der Waals surface area contributed by atoms with Gasteiger partial charge in [-0.3, -0.25) is 0 Å². The Hall–Kier alpha value is -2.27. The SMILES string of the molecule is COc1cccc(CC(CO)Nc2ccccc2N)n1. The molecule has 5 nitrogen and oxygen atoms in total. The minimum atomic E-state index is -0.153. The highest BCUT2D eigenvalue weighted by atomic mass is 16.5. The maximum Gasteiger partial charge on any atom is 0.213 e. The molecule has 0 spiro atoms. The van der Waals surface area contributed by atoms with Gasteiger partial charge in [-0.2, -0.15) is 0 Å². The van der Waals surface area contributed by atoms with Gasteiger partial charge < -0.3 is 20.9 Å². The minimum absolute atomic E-state index is 0.00672. The third-order valence-corrected chi connectivity index (χ3v) is 2.99. The summed E-state index contributed by atoms with van der Waals surface area (Å²) in [5, 5.41) is 12.7. The van der Waals surface area contributed by atoms with Crippen LogP contribution in [0.25, 0.3) is 0 Å². The van der Waals surface area contributed by atoms with Crippen LogP contribution in [0.1, 0.15) is 5.69 Å². The standard InChI is InChI=1S/C15H19N3O2/c1-20-15-8-4-5-11(18-15)9-12(10-19)17-14-7-3-2-6-13(14)16/h2-8,12,17,19H,9-10,16H2,1H3. The number of aliphatic hydroxyl groups excluding tert-OH is 1. The van der Waals surface area contributed by atoms with Crippen molar-refractivity contribution in [2.45, 2.75) is 12.5 Å². The van der Waals surface area contributed by atoms with E-state index < -0.39 is 0 Å². The first kappa shape index (κ1) is 14.1. The van der Waals surface area contributed by atoms with Crippen molar-refractivity contribution in [2.24, 2.45) is 0 Å². The van der Waals surface area contributed by atoms with Gasteiger partial charge in [0.05, 0.1) is 31.1 Å². The summed E-state index contributed by atoms with van der Waals surface area (Å²) < 4.78 is 5.09. The molecule has 20 heavy (non-hydrogen) atoms. The number of hydrogen-bond donors (Lipinski definition) is 3. The van der Waals surface area contributed by atoms with E-state index in [9.17, 15) is 5.11 Å². The molecule has 0 amide bonds. The van der Waals surface area contributed by atoms with Crippen molar-refractivity contribution in [2.75, 3.05) is 24.8 Å². The molecule has 0 aliphatic rings. The molecular formula is C15H19N3O2. The van der Waals surface area contributed by atoms with E-state index in [1.165, 1.54) is 0 Å². The Kier molecular flexibility index (Phi) is 4.79. The van der Waals surface area contributed by atoms with Crippen LogP contribution in [0.4, 0.5) is 11.4 Å². The Bertz CT molecular complexity index is 560. The van der Waals surface area contributed by atoms with E-state index in [0.29, 0.717) is 18.0 Å². The highest BCUT2D eigenvalue weighted by Crippen LogP contribution is 2.19. The third kappa shape index (κ3) is 3.61. The maximum absolute atomic E-state index is 9.50. The molecular weight excluding hydrogens is 254 g/mol. The normalized spacial score (nSPS) is 11.9. The van der Waals surface area contributed by atoms with Crippen LogP contribution in [0.3, 0.4) is 0 Å². The van der Waals surface area contributed by atoms with Crippen LogP contribution in [0.15, 0.2) is 42.5 Å². The Balaban J connectivity index is 2.07. The number of nitrogens with zero attached hydrogens (tertiary/aromatic N) is 1. The first-order valence-electron chi connectivity index (χ1n) is 6.44. The molecule has 0 saturated heterocycles. The van der Waals surface area contributed by atoms with Gasteiger partial charge in [0.25, 0.3) is 0 Å². The second kappa shape index (κ2) is 6.77. The van der Waals surface area contributed by atoms with E-state index in [4.69, 9.17) is 10.5 Å². The number of aromatic nitrogens is 1. The predicted octanol–water partition coefficient (Wildman–Crippen LogP) is 1.69. The van der Waals surface area contributed by atoms with Crippen molar-refractivity contribution in [3.63, 3.8) is 0 Å². The van der Waals surface area contributed by atoms with Crippen LogP contribution in [0, 0.1) is 0 Å². The highest BCUT2D eigenvalue weighted by molar-refractivity contribution is 5.66. The molecule has 0 aliphatic heterocycles. The number of para-hydroxylation sites is 2. The van der Waals surface area contributed by atoms with E-state index in [1.807, 2.05) is 36.4 Å². The van der Waals surface area contributed by atoms with Gasteiger partial charge in [0.2, 0.25) is 5.88 Å². The number of methoxy groups -OCH3 is 1. The summed E-state index contributed by atoms with van der Waals surface area (Å²) in [6.07, 6.45) is 0.585. The van der Waals surface area contributed by atoms with E-state index >= 15 is 0 Å². The van der Waals surface area contributed by atoms with Gasteiger partial charge in [-0.05, 0) is 18.2 Å². The summed E-state index contributed by atoms with van der Waals surface area (Å²) in [7, 11) is 1.58. The zero-order valence-corrected chi connectivity index (χ0v) is 11.4. The second-order valence-electron chi connectivity index (χ2n) is 4.49. The molecule has 1 heterocycles. The molecule has 0 aliphatic carbocycles. The number of anilines is 2. The second-order valence-corrected chi connectivity index (χ2v) is 4.49. The number of ether oxygens (including phenoxy) is 1. The van der Waals surface area contributed by atoms with Gasteiger partial charge in [0.15, 0.2) is 0 Å². The number of nitrogens with one attached hydrogen (secondary N) is 1. The van der Waals surface area contributed by atoms with Crippen LogP contribution in [0.2, 0.25) is 0 Å². The van der Waals surface area contributed by atoms with E-state index in [1.54, 1.807) is 13.2 Å². The molecule has 2 rings (SSSR count). The lowest BCUT2D eigenvalue weighted by molar-refractivity contribution is 0.273. The minimum Gasteiger partial charge on any atom is -0.481 e. The largest absolute Gasteiger partial charge is 0.481 e. The Labute approximate surface area is 118 Å². The van der Waals surface area contributed by atoms with Crippen molar-refractivity contribution in [1.29, 1.82) is 0 Å². The zero-order chi connectivity index (χ0) is 14.4. The Morgan fingerprint density at radius 2 is 2.05 bits per heavy atom. The Morgan fingerprint density at radius 1 is 1.25 bits per heavy atom. The quantitative estimate of drug-likeness (QED) is 0.698. The lowest BCUT2D eigenvalue weighted by Gasteiger charge is -2.18. The summed E-state index contributed by atoms with van der Waals surface area (Å²) >= 11 is 0. The van der Waals surface area contributed by atoms with Crippen molar-refractivity contribution in [3.05, 3.63) is 48.2 Å². The van der Waals surface area contributed by atoms with Gasteiger partial charge in [-0.15, -0.1) is 0 Å². The first-order chi connectivity index (χ1) is 9.72. The van der Waals surface area contributed by atoms with E-state index in [0.717, 1.165) is 11.4 Å². The van der Waals surface area contributed by atoms with Crippen molar-refractivity contribution in [3.8, 4) is 5.88 Å². The number of benzene rings is 1. The lowest BCUT2D eigenvalue weighted by Crippen LogP contribution is -2.27. The van der Waals surface area contributed by atoms with Gasteiger partial charge in [-0.25, -0.2) is 4.98 Å². The molecule has 0 fully saturated rings.